The molecule has 1 aliphatic heterocycles. The lowest BCUT2D eigenvalue weighted by molar-refractivity contribution is 0.0696. The predicted molar refractivity (Wildman–Crippen MR) is 87.3 cm³/mol. The van der Waals surface area contributed by atoms with Crippen molar-refractivity contribution in [2.24, 2.45) is 0 Å². The minimum atomic E-state index is -0.868. The number of carboxylic acid groups (broad SMARTS) is 1. The highest BCUT2D eigenvalue weighted by atomic mass is 32.1. The topological polar surface area (TPSA) is 53.4 Å². The Morgan fingerprint density at radius 3 is 3.05 bits per heavy atom. The van der Waals surface area contributed by atoms with Crippen LogP contribution in [0.25, 0.3) is 0 Å². The molecular weight excluding hydrogens is 296 g/mol. The van der Waals surface area contributed by atoms with E-state index in [0.29, 0.717) is 11.6 Å². The Morgan fingerprint density at radius 1 is 1.45 bits per heavy atom. The van der Waals surface area contributed by atoms with Gasteiger partial charge in [0.2, 0.25) is 0 Å². The van der Waals surface area contributed by atoms with Gasteiger partial charge in [-0.25, -0.2) is 9.78 Å². The van der Waals surface area contributed by atoms with Crippen molar-refractivity contribution < 1.29 is 9.90 Å². The van der Waals surface area contributed by atoms with Crippen molar-refractivity contribution in [3.8, 4) is 0 Å². The standard InChI is InChI=1S/C17H20N2O2S/c1-12-11-22-16(18-12)15-7-2-3-8-19(15)10-13-5-4-6-14(9-13)17(20)21/h4-6,9,11,15H,2-3,7-8,10H2,1H3,(H,20,21). The summed E-state index contributed by atoms with van der Waals surface area (Å²) in [6.45, 7) is 3.86. The molecule has 22 heavy (non-hydrogen) atoms. The molecule has 4 nitrogen and oxygen atoms in total. The zero-order valence-corrected chi connectivity index (χ0v) is 13.5. The number of likely N-dealkylation sites (tertiary alicyclic amines) is 1. The molecule has 0 aliphatic carbocycles. The van der Waals surface area contributed by atoms with Crippen molar-refractivity contribution >= 4 is 17.3 Å². The molecule has 1 fully saturated rings. The molecule has 2 aromatic rings. The zero-order valence-electron chi connectivity index (χ0n) is 12.7. The van der Waals surface area contributed by atoms with Crippen molar-refractivity contribution in [3.63, 3.8) is 0 Å². The highest BCUT2D eigenvalue weighted by molar-refractivity contribution is 7.09. The molecule has 0 radical (unpaired) electrons. The normalized spacial score (nSPS) is 19.2. The van der Waals surface area contributed by atoms with Crippen LogP contribution in [0.1, 0.15) is 51.9 Å². The number of thiazole rings is 1. The van der Waals surface area contributed by atoms with Crippen LogP contribution in [0.3, 0.4) is 0 Å². The van der Waals surface area contributed by atoms with E-state index in [0.717, 1.165) is 30.8 Å². The van der Waals surface area contributed by atoms with Crippen molar-refractivity contribution in [1.82, 2.24) is 9.88 Å². The number of hydrogen-bond acceptors (Lipinski definition) is 4. The number of rotatable bonds is 4. The Bertz CT molecular complexity index is 668. The van der Waals surface area contributed by atoms with Crippen LogP contribution in [0.4, 0.5) is 0 Å². The number of benzene rings is 1. The Hall–Kier alpha value is -1.72. The summed E-state index contributed by atoms with van der Waals surface area (Å²) < 4.78 is 0. The van der Waals surface area contributed by atoms with Crippen LogP contribution in [0.2, 0.25) is 0 Å². The summed E-state index contributed by atoms with van der Waals surface area (Å²) in [5.74, 6) is -0.868. The second kappa shape index (κ2) is 6.58. The summed E-state index contributed by atoms with van der Waals surface area (Å²) >= 11 is 1.73. The molecule has 0 amide bonds. The molecule has 116 valence electrons. The van der Waals surface area contributed by atoms with E-state index in [4.69, 9.17) is 5.11 Å². The van der Waals surface area contributed by atoms with Gasteiger partial charge in [-0.3, -0.25) is 4.90 Å². The lowest BCUT2D eigenvalue weighted by atomic mass is 10.0. The zero-order chi connectivity index (χ0) is 15.5. The molecule has 1 atom stereocenters. The van der Waals surface area contributed by atoms with Crippen LogP contribution in [-0.4, -0.2) is 27.5 Å². The Labute approximate surface area is 134 Å². The summed E-state index contributed by atoms with van der Waals surface area (Å²) in [6.07, 6.45) is 3.56. The minimum absolute atomic E-state index is 0.358. The fourth-order valence-corrected chi connectivity index (χ4v) is 3.99. The maximum Gasteiger partial charge on any atom is 0.335 e. The third kappa shape index (κ3) is 3.36. The van der Waals surface area contributed by atoms with E-state index in [9.17, 15) is 4.79 Å². The summed E-state index contributed by atoms with van der Waals surface area (Å²) in [5, 5.41) is 12.4. The van der Waals surface area contributed by atoms with Crippen molar-refractivity contribution in [3.05, 3.63) is 51.5 Å². The van der Waals surface area contributed by atoms with Gasteiger partial charge in [0.05, 0.1) is 11.6 Å². The SMILES string of the molecule is Cc1csc(C2CCCCN2Cc2cccc(C(=O)O)c2)n1. The fourth-order valence-electron chi connectivity index (χ4n) is 3.02. The van der Waals surface area contributed by atoms with Crippen LogP contribution >= 0.6 is 11.3 Å². The highest BCUT2D eigenvalue weighted by Crippen LogP contribution is 2.33. The lowest BCUT2D eigenvalue weighted by Gasteiger charge is -2.34. The minimum Gasteiger partial charge on any atom is -0.478 e. The van der Waals surface area contributed by atoms with E-state index < -0.39 is 5.97 Å². The molecule has 5 heteroatoms. The summed E-state index contributed by atoms with van der Waals surface area (Å²) in [4.78, 5) is 18.2. The first-order chi connectivity index (χ1) is 10.6. The highest BCUT2D eigenvalue weighted by Gasteiger charge is 2.26. The van der Waals surface area contributed by atoms with Gasteiger partial charge in [0.25, 0.3) is 0 Å². The first-order valence-corrected chi connectivity index (χ1v) is 8.50. The largest absolute Gasteiger partial charge is 0.478 e. The quantitative estimate of drug-likeness (QED) is 0.930. The van der Waals surface area contributed by atoms with Crippen LogP contribution < -0.4 is 0 Å². The summed E-state index contributed by atoms with van der Waals surface area (Å²) in [5.41, 5.74) is 2.50. The first kappa shape index (κ1) is 15.2. The lowest BCUT2D eigenvalue weighted by Crippen LogP contribution is -2.32. The molecule has 1 aromatic carbocycles. The smallest absolute Gasteiger partial charge is 0.335 e. The van der Waals surface area contributed by atoms with Gasteiger partial charge >= 0.3 is 5.97 Å². The second-order valence-electron chi connectivity index (χ2n) is 5.81. The molecule has 1 saturated heterocycles. The predicted octanol–water partition coefficient (Wildman–Crippen LogP) is 3.88. The second-order valence-corrected chi connectivity index (χ2v) is 6.70. The molecule has 1 N–H and O–H groups in total. The van der Waals surface area contributed by atoms with E-state index in [1.807, 2.05) is 19.1 Å². The Balaban J connectivity index is 1.79. The Morgan fingerprint density at radius 2 is 2.32 bits per heavy atom. The third-order valence-electron chi connectivity index (χ3n) is 4.10. The van der Waals surface area contributed by atoms with Gasteiger partial charge in [-0.2, -0.15) is 0 Å². The van der Waals surface area contributed by atoms with E-state index in [1.54, 1.807) is 23.5 Å². The number of aromatic carboxylic acids is 1. The van der Waals surface area contributed by atoms with Gasteiger partial charge in [-0.05, 0) is 44.0 Å². The van der Waals surface area contributed by atoms with E-state index in [1.165, 1.54) is 17.8 Å². The fraction of sp³-hybridized carbons (Fsp3) is 0.412. The maximum atomic E-state index is 11.1. The summed E-state index contributed by atoms with van der Waals surface area (Å²) in [6, 6.07) is 7.61. The monoisotopic (exact) mass is 316 g/mol. The van der Waals surface area contributed by atoms with E-state index in [-0.39, 0.29) is 0 Å². The van der Waals surface area contributed by atoms with E-state index >= 15 is 0 Å². The number of carboxylic acids is 1. The molecule has 0 spiro atoms. The average Bonchev–Trinajstić information content (AvgIpc) is 2.94. The number of piperidine rings is 1. The molecule has 2 heterocycles. The number of carbonyl (C=O) groups is 1. The number of nitrogens with zero attached hydrogens (tertiary/aromatic N) is 2. The molecule has 3 rings (SSSR count). The van der Waals surface area contributed by atoms with Gasteiger partial charge in [-0.15, -0.1) is 11.3 Å². The molecule has 0 bridgehead atoms. The first-order valence-electron chi connectivity index (χ1n) is 7.62. The number of hydrogen-bond donors (Lipinski definition) is 1. The molecule has 1 aliphatic rings. The molecule has 1 aromatic heterocycles. The van der Waals surface area contributed by atoms with Gasteiger partial charge in [0.15, 0.2) is 0 Å². The van der Waals surface area contributed by atoms with Crippen LogP contribution in [0.5, 0.6) is 0 Å². The van der Waals surface area contributed by atoms with Crippen LogP contribution in [0.15, 0.2) is 29.6 Å². The van der Waals surface area contributed by atoms with E-state index in [2.05, 4.69) is 15.3 Å². The number of aromatic nitrogens is 1. The third-order valence-corrected chi connectivity index (χ3v) is 5.16. The van der Waals surface area contributed by atoms with Gasteiger partial charge in [0.1, 0.15) is 5.01 Å². The molecular formula is C17H20N2O2S. The number of aryl methyl sites for hydroxylation is 1. The maximum absolute atomic E-state index is 11.1. The van der Waals surface area contributed by atoms with Gasteiger partial charge < -0.3 is 5.11 Å². The van der Waals surface area contributed by atoms with Crippen LogP contribution in [-0.2, 0) is 6.54 Å². The van der Waals surface area contributed by atoms with Gasteiger partial charge in [-0.1, -0.05) is 18.6 Å². The molecule has 1 unspecified atom stereocenters. The van der Waals surface area contributed by atoms with Crippen molar-refractivity contribution in [2.45, 2.75) is 38.8 Å². The molecule has 0 saturated carbocycles. The van der Waals surface area contributed by atoms with Crippen molar-refractivity contribution in [2.75, 3.05) is 6.54 Å². The Kier molecular flexibility index (Phi) is 4.55. The summed E-state index contributed by atoms with van der Waals surface area (Å²) in [7, 11) is 0. The van der Waals surface area contributed by atoms with Gasteiger partial charge in [0, 0.05) is 17.6 Å². The van der Waals surface area contributed by atoms with Crippen molar-refractivity contribution in [1.29, 1.82) is 0 Å². The van der Waals surface area contributed by atoms with Crippen LogP contribution in [0, 0.1) is 6.92 Å². The average molecular weight is 316 g/mol.